The number of hydrogen-bond donors (Lipinski definition) is 2. The Bertz CT molecular complexity index is 335. The highest BCUT2D eigenvalue weighted by Crippen LogP contribution is 2.22. The van der Waals surface area contributed by atoms with Gasteiger partial charge in [-0.3, -0.25) is 0 Å². The van der Waals surface area contributed by atoms with Crippen molar-refractivity contribution in [1.29, 1.82) is 0 Å². The summed E-state index contributed by atoms with van der Waals surface area (Å²) in [5.41, 5.74) is 0. The number of imidazole rings is 1. The zero-order valence-corrected chi connectivity index (χ0v) is 13.4. The van der Waals surface area contributed by atoms with Crippen LogP contribution in [0.5, 0.6) is 0 Å². The number of carbonyl (C=O) groups is 1. The lowest BCUT2D eigenvalue weighted by molar-refractivity contribution is 0.137. The van der Waals surface area contributed by atoms with Gasteiger partial charge in [-0.2, -0.15) is 0 Å². The van der Waals surface area contributed by atoms with Gasteiger partial charge in [-0.05, 0) is 12.8 Å². The SMILES string of the molecule is CCCCCCC(CCCCC)n1ccnc1.O=C(O)O. The molecule has 0 bridgehead atoms. The number of hydrogen-bond acceptors (Lipinski definition) is 2. The van der Waals surface area contributed by atoms with Crippen LogP contribution >= 0.6 is 0 Å². The molecule has 1 unspecified atom stereocenters. The Morgan fingerprint density at radius 2 is 1.57 bits per heavy atom. The summed E-state index contributed by atoms with van der Waals surface area (Å²) in [5.74, 6) is 0. The molecule has 0 amide bonds. The zero-order valence-electron chi connectivity index (χ0n) is 13.4. The fourth-order valence-electron chi connectivity index (χ4n) is 2.36. The molecule has 0 aliphatic rings. The summed E-state index contributed by atoms with van der Waals surface area (Å²) in [6.07, 6.45) is 16.3. The van der Waals surface area contributed by atoms with Crippen LogP contribution < -0.4 is 0 Å². The predicted molar refractivity (Wildman–Crippen MR) is 84.8 cm³/mol. The van der Waals surface area contributed by atoms with Crippen LogP contribution in [0, 0.1) is 0 Å². The molecule has 5 nitrogen and oxygen atoms in total. The lowest BCUT2D eigenvalue weighted by atomic mass is 10.0. The van der Waals surface area contributed by atoms with Crippen LogP contribution in [-0.4, -0.2) is 25.9 Å². The first-order chi connectivity index (χ1) is 10.1. The summed E-state index contributed by atoms with van der Waals surface area (Å²) >= 11 is 0. The number of aromatic nitrogens is 2. The molecule has 0 saturated carbocycles. The molecule has 0 fully saturated rings. The first-order valence-corrected chi connectivity index (χ1v) is 8.01. The minimum atomic E-state index is -1.83. The van der Waals surface area contributed by atoms with E-state index in [0.717, 1.165) is 0 Å². The van der Waals surface area contributed by atoms with Gasteiger partial charge in [-0.25, -0.2) is 9.78 Å². The van der Waals surface area contributed by atoms with Crippen LogP contribution in [0.25, 0.3) is 0 Å². The molecule has 1 rings (SSSR count). The summed E-state index contributed by atoms with van der Waals surface area (Å²) in [6, 6.07) is 0.681. The minimum Gasteiger partial charge on any atom is -0.450 e. The summed E-state index contributed by atoms with van der Waals surface area (Å²) < 4.78 is 2.31. The average molecular weight is 298 g/mol. The molecular weight excluding hydrogens is 268 g/mol. The normalized spacial score (nSPS) is 11.5. The van der Waals surface area contributed by atoms with Gasteiger partial charge in [0.25, 0.3) is 0 Å². The summed E-state index contributed by atoms with van der Waals surface area (Å²) in [4.78, 5) is 12.7. The van der Waals surface area contributed by atoms with Crippen molar-refractivity contribution < 1.29 is 15.0 Å². The lowest BCUT2D eigenvalue weighted by Gasteiger charge is -2.18. The second kappa shape index (κ2) is 13.5. The number of unbranched alkanes of at least 4 members (excludes halogenated alkanes) is 5. The summed E-state index contributed by atoms with van der Waals surface area (Å²) in [5, 5.41) is 13.9. The Labute approximate surface area is 128 Å². The fourth-order valence-corrected chi connectivity index (χ4v) is 2.36. The van der Waals surface area contributed by atoms with E-state index in [1.807, 2.05) is 12.5 Å². The van der Waals surface area contributed by atoms with Crippen LogP contribution in [0.4, 0.5) is 4.79 Å². The Hall–Kier alpha value is -1.52. The average Bonchev–Trinajstić information content (AvgIpc) is 2.95. The summed E-state index contributed by atoms with van der Waals surface area (Å²) in [6.45, 7) is 4.54. The van der Waals surface area contributed by atoms with Crippen molar-refractivity contribution >= 4 is 6.16 Å². The van der Waals surface area contributed by atoms with E-state index in [1.54, 1.807) is 0 Å². The van der Waals surface area contributed by atoms with Gasteiger partial charge in [0.05, 0.1) is 6.33 Å². The van der Waals surface area contributed by atoms with E-state index in [2.05, 4.69) is 29.6 Å². The van der Waals surface area contributed by atoms with Gasteiger partial charge >= 0.3 is 6.16 Å². The van der Waals surface area contributed by atoms with Gasteiger partial charge < -0.3 is 14.8 Å². The minimum absolute atomic E-state index is 0.681. The third-order valence-corrected chi connectivity index (χ3v) is 3.48. The van der Waals surface area contributed by atoms with E-state index < -0.39 is 6.16 Å². The number of carboxylic acid groups (broad SMARTS) is 2. The first kappa shape index (κ1) is 19.5. The third-order valence-electron chi connectivity index (χ3n) is 3.48. The Morgan fingerprint density at radius 3 is 2.05 bits per heavy atom. The molecule has 1 aromatic rings. The second-order valence-electron chi connectivity index (χ2n) is 5.29. The topological polar surface area (TPSA) is 75.4 Å². The lowest BCUT2D eigenvalue weighted by Crippen LogP contribution is -2.07. The van der Waals surface area contributed by atoms with E-state index in [4.69, 9.17) is 15.0 Å². The quantitative estimate of drug-likeness (QED) is 0.582. The highest BCUT2D eigenvalue weighted by Gasteiger charge is 2.09. The Balaban J connectivity index is 0.000000885. The zero-order chi connectivity index (χ0) is 15.9. The van der Waals surface area contributed by atoms with Crippen molar-refractivity contribution in [3.05, 3.63) is 18.7 Å². The van der Waals surface area contributed by atoms with Crippen molar-refractivity contribution in [2.24, 2.45) is 0 Å². The van der Waals surface area contributed by atoms with Gasteiger partial charge in [0.1, 0.15) is 0 Å². The van der Waals surface area contributed by atoms with Crippen molar-refractivity contribution in [3.63, 3.8) is 0 Å². The highest BCUT2D eigenvalue weighted by molar-refractivity contribution is 5.53. The van der Waals surface area contributed by atoms with Gasteiger partial charge in [0.2, 0.25) is 0 Å². The third kappa shape index (κ3) is 12.0. The Kier molecular flexibility index (Phi) is 12.5. The first-order valence-electron chi connectivity index (χ1n) is 8.01. The highest BCUT2D eigenvalue weighted by atomic mass is 16.6. The van der Waals surface area contributed by atoms with Crippen LogP contribution in [0.1, 0.15) is 77.7 Å². The van der Waals surface area contributed by atoms with Gasteiger partial charge in [0, 0.05) is 18.4 Å². The van der Waals surface area contributed by atoms with Gasteiger partial charge in [-0.1, -0.05) is 58.8 Å². The molecule has 0 radical (unpaired) electrons. The van der Waals surface area contributed by atoms with Crippen molar-refractivity contribution in [1.82, 2.24) is 9.55 Å². The maximum absolute atomic E-state index is 8.56. The smallest absolute Gasteiger partial charge is 0.450 e. The molecule has 0 saturated heterocycles. The van der Waals surface area contributed by atoms with Crippen LogP contribution in [0.2, 0.25) is 0 Å². The monoisotopic (exact) mass is 298 g/mol. The molecule has 5 heteroatoms. The molecule has 1 heterocycles. The predicted octanol–water partition coefficient (Wildman–Crippen LogP) is 5.20. The number of nitrogens with zero attached hydrogens (tertiary/aromatic N) is 2. The molecule has 0 aromatic carbocycles. The van der Waals surface area contributed by atoms with E-state index >= 15 is 0 Å². The largest absolute Gasteiger partial charge is 0.503 e. The molecule has 21 heavy (non-hydrogen) atoms. The molecule has 2 N–H and O–H groups in total. The maximum Gasteiger partial charge on any atom is 0.503 e. The van der Waals surface area contributed by atoms with E-state index in [9.17, 15) is 0 Å². The molecule has 0 aliphatic carbocycles. The molecule has 0 spiro atoms. The van der Waals surface area contributed by atoms with E-state index in [1.165, 1.54) is 57.8 Å². The van der Waals surface area contributed by atoms with E-state index in [-0.39, 0.29) is 0 Å². The molecule has 1 aromatic heterocycles. The van der Waals surface area contributed by atoms with Crippen molar-refractivity contribution in [2.75, 3.05) is 0 Å². The Morgan fingerprint density at radius 1 is 1.05 bits per heavy atom. The summed E-state index contributed by atoms with van der Waals surface area (Å²) in [7, 11) is 0. The van der Waals surface area contributed by atoms with Crippen LogP contribution in [0.15, 0.2) is 18.7 Å². The van der Waals surface area contributed by atoms with Crippen molar-refractivity contribution in [2.45, 2.75) is 77.7 Å². The van der Waals surface area contributed by atoms with Crippen molar-refractivity contribution in [3.8, 4) is 0 Å². The second-order valence-corrected chi connectivity index (χ2v) is 5.29. The fraction of sp³-hybridized carbons (Fsp3) is 0.750. The molecular formula is C16H30N2O3. The standard InChI is InChI=1S/C15H28N2.CH2O3/c1-3-5-7-9-11-15(10-8-6-4-2)17-13-12-16-14-17;2-1(3)4/h12-15H,3-11H2,1-2H3;(H2,2,3,4). The van der Waals surface area contributed by atoms with Gasteiger partial charge in [0.15, 0.2) is 0 Å². The van der Waals surface area contributed by atoms with Crippen LogP contribution in [0.3, 0.4) is 0 Å². The van der Waals surface area contributed by atoms with Gasteiger partial charge in [-0.15, -0.1) is 0 Å². The maximum atomic E-state index is 8.56. The van der Waals surface area contributed by atoms with E-state index in [0.29, 0.717) is 6.04 Å². The molecule has 1 atom stereocenters. The molecule has 122 valence electrons. The van der Waals surface area contributed by atoms with Crippen LogP contribution in [-0.2, 0) is 0 Å². The number of rotatable bonds is 10. The molecule has 0 aliphatic heterocycles.